The van der Waals surface area contributed by atoms with Gasteiger partial charge in [0, 0.05) is 16.8 Å². The van der Waals surface area contributed by atoms with E-state index in [4.69, 9.17) is 20.3 Å². The summed E-state index contributed by atoms with van der Waals surface area (Å²) in [6.07, 6.45) is 8.67. The molecule has 0 spiro atoms. The summed E-state index contributed by atoms with van der Waals surface area (Å²) in [6, 6.07) is 0. The first-order valence-corrected chi connectivity index (χ1v) is 15.5. The van der Waals surface area contributed by atoms with Crippen LogP contribution in [0.4, 0.5) is 0 Å². The standard InChI is InChI=1S/C36H37N4O5.Mg/c1-7-20-16(3)23-13-25-18(5)22(9-10-29(41)42)33(39-25)31-32(36(44)45-11-12-45)35(43)30-19(6)26(40-34(30)31)15-28-21(8-2)17(4)24(38-28)14-27(20)37-23;/h7,13-15,18,22,32H,1,8-12H2,2-6H3,(H3,39,40,41,42,43);/q-1;+2/p-2/b24-14-,25-13-,28-15-;/t18-,22-,32+;/m0./s1. The van der Waals surface area contributed by atoms with Crippen LogP contribution in [0.2, 0.25) is 0 Å². The predicted molar refractivity (Wildman–Crippen MR) is 177 cm³/mol. The van der Waals surface area contributed by atoms with Gasteiger partial charge in [0.25, 0.3) is 0 Å². The van der Waals surface area contributed by atoms with Gasteiger partial charge < -0.3 is 29.7 Å². The van der Waals surface area contributed by atoms with E-state index in [1.165, 1.54) is 0 Å². The number of Topliss-reactive ketones (excluding diaryl/α,β-unsaturated/α-hetero) is 1. The molecule has 3 aliphatic heterocycles. The van der Waals surface area contributed by atoms with Crippen molar-refractivity contribution in [2.24, 2.45) is 17.8 Å². The third kappa shape index (κ3) is 4.84. The van der Waals surface area contributed by atoms with Crippen molar-refractivity contribution in [3.63, 3.8) is 0 Å². The number of carboxylic acid groups (broad SMARTS) is 1. The number of hydrogen-bond acceptors (Lipinski definition) is 3. The van der Waals surface area contributed by atoms with Crippen LogP contribution in [-0.4, -0.2) is 59.1 Å². The minimum Gasteiger partial charge on any atom is -0.664 e. The molecule has 232 valence electrons. The van der Waals surface area contributed by atoms with Crippen molar-refractivity contribution < 1.29 is 23.9 Å². The van der Waals surface area contributed by atoms with Gasteiger partial charge in [0.2, 0.25) is 5.92 Å². The summed E-state index contributed by atoms with van der Waals surface area (Å²) >= 11 is 0. The maximum Gasteiger partial charge on any atom is 2.00 e. The topological polar surface area (TPSA) is 131 Å². The fraction of sp³-hybridized carbons (Fsp3) is 0.361. The normalized spacial score (nSPS) is 25.1. The van der Waals surface area contributed by atoms with E-state index in [1.54, 1.807) is 6.08 Å². The Morgan fingerprint density at radius 3 is 2.35 bits per heavy atom. The van der Waals surface area contributed by atoms with E-state index in [-0.39, 0.29) is 53.1 Å². The number of rotatable bonds is 6. The van der Waals surface area contributed by atoms with Crippen LogP contribution in [0.1, 0.15) is 87.6 Å². The third-order valence-electron chi connectivity index (χ3n) is 9.91. The molecule has 0 radical (unpaired) electrons. The van der Waals surface area contributed by atoms with E-state index >= 15 is 0 Å². The monoisotopic (exact) mass is 627 g/mol. The Morgan fingerprint density at radius 2 is 1.70 bits per heavy atom. The van der Waals surface area contributed by atoms with Gasteiger partial charge in [-0.05, 0) is 51.0 Å². The van der Waals surface area contributed by atoms with Crippen molar-refractivity contribution in [2.75, 3.05) is 13.2 Å². The number of aliphatic carboxylic acids is 1. The number of epoxide rings is 1. The fourth-order valence-corrected chi connectivity index (χ4v) is 7.22. The quantitative estimate of drug-likeness (QED) is 0.146. The number of fused-ring (bicyclic) bond motifs is 7. The number of carboxylic acids is 1. The van der Waals surface area contributed by atoms with E-state index in [1.807, 2.05) is 39.0 Å². The molecule has 0 amide bonds. The molecule has 7 rings (SSSR count). The molecule has 8 bridgehead atoms. The van der Waals surface area contributed by atoms with Gasteiger partial charge in [0.15, 0.2) is 19.0 Å². The summed E-state index contributed by atoms with van der Waals surface area (Å²) in [5.74, 6) is -3.12. The van der Waals surface area contributed by atoms with Crippen molar-refractivity contribution in [1.29, 1.82) is 0 Å². The van der Waals surface area contributed by atoms with E-state index < -0.39 is 11.9 Å². The second-order valence-corrected chi connectivity index (χ2v) is 12.4. The zero-order valence-corrected chi connectivity index (χ0v) is 28.3. The largest absolute Gasteiger partial charge is 2.00 e. The van der Waals surface area contributed by atoms with Gasteiger partial charge in [-0.2, -0.15) is 11.4 Å². The van der Waals surface area contributed by atoms with Crippen LogP contribution in [-0.2, 0) is 20.4 Å². The molecule has 2 fully saturated rings. The van der Waals surface area contributed by atoms with Crippen LogP contribution in [0, 0.1) is 38.5 Å². The van der Waals surface area contributed by atoms with E-state index in [9.17, 15) is 19.5 Å². The van der Waals surface area contributed by atoms with Crippen LogP contribution in [0.5, 0.6) is 0 Å². The Labute approximate surface area is 283 Å². The smallest absolute Gasteiger partial charge is 0.664 e. The maximum absolute atomic E-state index is 14.2. The zero-order chi connectivity index (χ0) is 31.9. The molecule has 10 heteroatoms. The van der Waals surface area contributed by atoms with Crippen molar-refractivity contribution in [3.05, 3.63) is 90.1 Å². The number of hydrogen-bond donors (Lipinski definition) is 1. The number of carbonyl (C=O) groups excluding carboxylic acids is 2. The molecule has 9 nitrogen and oxygen atoms in total. The minimum absolute atomic E-state index is 0. The van der Waals surface area contributed by atoms with Gasteiger partial charge in [-0.25, -0.2) is 0 Å². The number of aromatic nitrogens is 3. The Kier molecular flexibility index (Phi) is 8.09. The van der Waals surface area contributed by atoms with Crippen molar-refractivity contribution in [1.82, 2.24) is 15.0 Å². The summed E-state index contributed by atoms with van der Waals surface area (Å²) in [5.41, 5.74) is 9.54. The molecular weight excluding hydrogens is 593 g/mol. The summed E-state index contributed by atoms with van der Waals surface area (Å²) in [5, 5.41) is 16.4. The van der Waals surface area contributed by atoms with Crippen LogP contribution < -0.4 is 25.7 Å². The van der Waals surface area contributed by atoms with Crippen LogP contribution >= 0.6 is 0 Å². The molecule has 0 aromatic carbocycles. The molecular formula is C36H35MgN4O5-. The van der Waals surface area contributed by atoms with Crippen LogP contribution in [0.15, 0.2) is 18.0 Å². The summed E-state index contributed by atoms with van der Waals surface area (Å²) < 4.78 is 2.57. The number of carbonyl (C=O) groups is 3. The molecule has 4 aliphatic rings. The zero-order valence-electron chi connectivity index (χ0n) is 26.9. The Morgan fingerprint density at radius 1 is 1.00 bits per heavy atom. The Balaban J connectivity index is 0.00000372. The Hall–Kier alpha value is -4.02. The fourth-order valence-electron chi connectivity index (χ4n) is 7.22. The van der Waals surface area contributed by atoms with Crippen molar-refractivity contribution in [3.8, 4) is 0 Å². The first-order valence-electron chi connectivity index (χ1n) is 15.5. The van der Waals surface area contributed by atoms with Gasteiger partial charge in [0.1, 0.15) is 0 Å². The van der Waals surface area contributed by atoms with Gasteiger partial charge in [-0.3, -0.25) is 9.59 Å². The average molecular weight is 628 g/mol. The van der Waals surface area contributed by atoms with Gasteiger partial charge >= 0.3 is 35.0 Å². The molecule has 0 unspecified atom stereocenters. The SMILES string of the molecule is C=Cc1c2[n-]c(c1C)/C=C1\[N-]/C(=C3\c4[n-]c(c(C)c4C(=O)[C@@H]3C(=O)[O+]3CC3)/C=c3\[n-]/c(c(C)c3CC)=C\2)[C@@H](CCC(=O)O)[C@@H]1C.[Mg+2]. The molecule has 3 aromatic rings. The molecule has 6 heterocycles. The minimum atomic E-state index is -1.08. The predicted octanol–water partition coefficient (Wildman–Crippen LogP) is 3.44. The van der Waals surface area contributed by atoms with Gasteiger partial charge in [-0.15, -0.1) is 33.5 Å². The number of ketones is 1. The van der Waals surface area contributed by atoms with E-state index in [0.29, 0.717) is 53.4 Å². The molecule has 1 aliphatic carbocycles. The molecule has 3 atom stereocenters. The second kappa shape index (κ2) is 11.6. The molecule has 2 saturated heterocycles. The van der Waals surface area contributed by atoms with Gasteiger partial charge in [-0.1, -0.05) is 72.6 Å². The first kappa shape index (κ1) is 31.9. The molecule has 1 N–H and O–H groups in total. The summed E-state index contributed by atoms with van der Waals surface area (Å²) in [4.78, 5) is 54.7. The molecule has 0 saturated carbocycles. The average Bonchev–Trinajstić information content (AvgIpc) is 3.45. The number of allylic oxidation sites excluding steroid dienone is 2. The molecule has 3 aromatic heterocycles. The Bertz CT molecular complexity index is 2030. The maximum atomic E-state index is 14.2. The second-order valence-electron chi connectivity index (χ2n) is 12.4. The van der Waals surface area contributed by atoms with E-state index in [2.05, 4.69) is 24.8 Å². The van der Waals surface area contributed by atoms with Crippen molar-refractivity contribution >= 4 is 70.7 Å². The summed E-state index contributed by atoms with van der Waals surface area (Å²) in [7, 11) is 0. The number of nitrogens with zero attached hydrogens (tertiary/aromatic N) is 4. The molecule has 46 heavy (non-hydrogen) atoms. The van der Waals surface area contributed by atoms with E-state index in [0.717, 1.165) is 56.5 Å². The van der Waals surface area contributed by atoms with Crippen LogP contribution in [0.25, 0.3) is 35.2 Å². The third-order valence-corrected chi connectivity index (χ3v) is 9.91. The van der Waals surface area contributed by atoms with Gasteiger partial charge in [0.05, 0.1) is 0 Å². The van der Waals surface area contributed by atoms with Crippen molar-refractivity contribution in [2.45, 2.75) is 53.9 Å². The summed E-state index contributed by atoms with van der Waals surface area (Å²) in [6.45, 7) is 15.1. The van der Waals surface area contributed by atoms with Crippen LogP contribution in [0.3, 0.4) is 0 Å². The first-order chi connectivity index (χ1) is 21.5.